The first-order chi connectivity index (χ1) is 26.4. The van der Waals surface area contributed by atoms with Crippen molar-refractivity contribution < 1.29 is 38.6 Å². The number of hydroxylamine groups is 2. The zero-order chi connectivity index (χ0) is 41.2. The van der Waals surface area contributed by atoms with Crippen molar-refractivity contribution in [3.63, 3.8) is 0 Å². The molecule has 1 saturated heterocycles. The second-order valence-corrected chi connectivity index (χ2v) is 20.2. The molecule has 3 amide bonds. The fraction of sp³-hybridized carbons (Fsp3) is 0.909. The molecule has 2 bridgehead atoms. The van der Waals surface area contributed by atoms with Crippen molar-refractivity contribution in [1.82, 2.24) is 20.6 Å². The van der Waals surface area contributed by atoms with E-state index in [1.165, 1.54) is 6.42 Å². The second-order valence-electron chi connectivity index (χ2n) is 20.2. The average molecular weight is 789 g/mol. The molecular weight excluding hydrogens is 713 g/mol. The van der Waals surface area contributed by atoms with Gasteiger partial charge in [0, 0.05) is 50.4 Å². The highest BCUT2D eigenvalue weighted by molar-refractivity contribution is 5.96. The largest absolute Gasteiger partial charge is 0.462 e. The molecule has 0 spiro atoms. The number of methoxy groups -OCH3 is 1. The van der Waals surface area contributed by atoms with Gasteiger partial charge in [-0.05, 0) is 113 Å². The van der Waals surface area contributed by atoms with Crippen LogP contribution in [-0.4, -0.2) is 110 Å². The lowest BCUT2D eigenvalue weighted by Crippen LogP contribution is -2.62. The van der Waals surface area contributed by atoms with Gasteiger partial charge in [-0.2, -0.15) is 5.06 Å². The lowest BCUT2D eigenvalue weighted by atomic mass is 9.45. The van der Waals surface area contributed by atoms with Crippen molar-refractivity contribution in [3.8, 4) is 0 Å². The zero-order valence-corrected chi connectivity index (χ0v) is 36.4. The molecule has 12 heteroatoms. The Kier molecular flexibility index (Phi) is 15.1. The summed E-state index contributed by atoms with van der Waals surface area (Å²) in [7, 11) is 5.89. The van der Waals surface area contributed by atoms with Gasteiger partial charge >= 0.3 is 5.97 Å². The molecule has 5 saturated carbocycles. The van der Waals surface area contributed by atoms with Gasteiger partial charge in [0.15, 0.2) is 0 Å². The monoisotopic (exact) mass is 789 g/mol. The van der Waals surface area contributed by atoms with Crippen molar-refractivity contribution >= 4 is 23.7 Å². The van der Waals surface area contributed by atoms with Crippen LogP contribution in [0.5, 0.6) is 0 Å². The van der Waals surface area contributed by atoms with Gasteiger partial charge in [-0.15, -0.1) is 0 Å². The number of carbonyl (C=O) groups excluding carboxylic acids is 4. The maximum absolute atomic E-state index is 14.7. The smallest absolute Gasteiger partial charge is 0.306 e. The van der Waals surface area contributed by atoms with Gasteiger partial charge in [0.05, 0.1) is 18.6 Å². The van der Waals surface area contributed by atoms with E-state index < -0.39 is 24.2 Å². The number of aliphatic hydroxyl groups is 1. The van der Waals surface area contributed by atoms with E-state index in [0.717, 1.165) is 32.1 Å². The van der Waals surface area contributed by atoms with E-state index in [2.05, 4.69) is 50.4 Å². The Labute approximate surface area is 337 Å². The summed E-state index contributed by atoms with van der Waals surface area (Å²) in [5.74, 6) is 0.470. The van der Waals surface area contributed by atoms with Crippen molar-refractivity contribution in [2.75, 3.05) is 34.4 Å². The number of nitrogens with zero attached hydrogens (tertiary/aromatic N) is 2. The summed E-state index contributed by atoms with van der Waals surface area (Å²) in [5, 5.41) is 18.6. The number of imide groups is 1. The second kappa shape index (κ2) is 18.9. The number of esters is 1. The standard InChI is InChI=1S/C44H76N4O8/c1-24(2)15-37(50)46-42(52)30-17-29(18-32(19-30)47(9)10)33-14-12-13-28(41(33)54-11)22-48-40(39(36(23-49)56-48)27(6)55-38(51)16-25(3)4)43(53)45-35-21-31-20-34(26(35)5)44(31,7)8/h24-36,39-41,49H,12-23H2,1-11H3,(H,45,53)(H,46,50,52)/t26-,27-,28?,29?,30?,31+,32?,33?,34-,35-,36-,39+,40-,41?/m0/s1. The minimum Gasteiger partial charge on any atom is -0.462 e. The summed E-state index contributed by atoms with van der Waals surface area (Å²) in [6, 6.07) is -0.529. The average Bonchev–Trinajstić information content (AvgIpc) is 3.49. The molecule has 1 aliphatic heterocycles. The molecule has 12 nitrogen and oxygen atoms in total. The molecule has 56 heavy (non-hydrogen) atoms. The van der Waals surface area contributed by atoms with Crippen LogP contribution in [0.4, 0.5) is 0 Å². The molecule has 0 aromatic rings. The first kappa shape index (κ1) is 45.0. The molecule has 3 N–H and O–H groups in total. The number of amides is 3. The highest BCUT2D eigenvalue weighted by Crippen LogP contribution is 2.61. The lowest BCUT2D eigenvalue weighted by molar-refractivity contribution is -0.193. The molecule has 6 unspecified atom stereocenters. The molecule has 6 aliphatic rings. The van der Waals surface area contributed by atoms with Crippen molar-refractivity contribution in [2.45, 2.75) is 156 Å². The van der Waals surface area contributed by atoms with Gasteiger partial charge in [0.25, 0.3) is 0 Å². The maximum atomic E-state index is 14.7. The SMILES string of the molecule is COC1C(CN2O[C@@H](CO)[C@@H]([C@H](C)OC(=O)CC(C)C)[C@H]2C(=O)N[C@H]2C[C@H]3C[C@@H]([C@@H]2C)C3(C)C)CCCC1C1CC(C(=O)NC(=O)CC(C)C)CC(N(C)C)C1. The summed E-state index contributed by atoms with van der Waals surface area (Å²) in [6.45, 7) is 16.8. The van der Waals surface area contributed by atoms with Gasteiger partial charge in [0.1, 0.15) is 18.2 Å². The van der Waals surface area contributed by atoms with Crippen LogP contribution in [0.25, 0.3) is 0 Å². The third-order valence-electron chi connectivity index (χ3n) is 14.9. The summed E-state index contributed by atoms with van der Waals surface area (Å²) >= 11 is 0. The minimum absolute atomic E-state index is 0.0209. The Balaban J connectivity index is 1.37. The van der Waals surface area contributed by atoms with Crippen LogP contribution in [0.1, 0.15) is 120 Å². The van der Waals surface area contributed by atoms with Crippen LogP contribution in [-0.2, 0) is 33.5 Å². The van der Waals surface area contributed by atoms with E-state index in [1.807, 2.05) is 34.6 Å². The highest BCUT2D eigenvalue weighted by Gasteiger charge is 2.58. The Morgan fingerprint density at radius 1 is 0.946 bits per heavy atom. The van der Waals surface area contributed by atoms with Gasteiger partial charge in [0.2, 0.25) is 17.7 Å². The summed E-state index contributed by atoms with van der Waals surface area (Å²) in [6.07, 6.45) is 6.37. The predicted molar refractivity (Wildman–Crippen MR) is 215 cm³/mol. The molecule has 1 heterocycles. The molecule has 0 radical (unpaired) electrons. The van der Waals surface area contributed by atoms with Crippen LogP contribution < -0.4 is 10.6 Å². The summed E-state index contributed by atoms with van der Waals surface area (Å²) in [5.41, 5.74) is 0.277. The number of hydrogen-bond acceptors (Lipinski definition) is 10. The predicted octanol–water partition coefficient (Wildman–Crippen LogP) is 5.21. The lowest BCUT2D eigenvalue weighted by Gasteiger charge is -2.62. The normalized spacial score (nSPS) is 37.6. The number of ether oxygens (including phenoxy) is 2. The van der Waals surface area contributed by atoms with Gasteiger partial charge in [-0.3, -0.25) is 29.3 Å². The van der Waals surface area contributed by atoms with Gasteiger partial charge in [-0.25, -0.2) is 0 Å². The van der Waals surface area contributed by atoms with E-state index >= 15 is 0 Å². The summed E-state index contributed by atoms with van der Waals surface area (Å²) in [4.78, 5) is 62.5. The van der Waals surface area contributed by atoms with Crippen molar-refractivity contribution in [3.05, 3.63) is 0 Å². The van der Waals surface area contributed by atoms with E-state index in [9.17, 15) is 24.3 Å². The number of fused-ring (bicyclic) bond motifs is 2. The van der Waals surface area contributed by atoms with Crippen molar-refractivity contribution in [1.29, 1.82) is 0 Å². The molecule has 320 valence electrons. The Morgan fingerprint density at radius 3 is 2.23 bits per heavy atom. The van der Waals surface area contributed by atoms with Crippen LogP contribution >= 0.6 is 0 Å². The van der Waals surface area contributed by atoms with Crippen molar-refractivity contribution in [2.24, 2.45) is 64.6 Å². The van der Waals surface area contributed by atoms with E-state index in [1.54, 1.807) is 12.2 Å². The van der Waals surface area contributed by atoms with Crippen LogP contribution in [0.3, 0.4) is 0 Å². The molecule has 14 atom stereocenters. The zero-order valence-electron chi connectivity index (χ0n) is 36.4. The third kappa shape index (κ3) is 10.0. The maximum Gasteiger partial charge on any atom is 0.306 e. The first-order valence-electron chi connectivity index (χ1n) is 21.9. The molecule has 6 rings (SSSR count). The fourth-order valence-electron chi connectivity index (χ4n) is 11.7. The number of nitrogens with one attached hydrogen (secondary N) is 2. The quantitative estimate of drug-likeness (QED) is 0.189. The molecule has 0 aromatic heterocycles. The third-order valence-corrected chi connectivity index (χ3v) is 14.9. The fourth-order valence-corrected chi connectivity index (χ4v) is 11.7. The van der Waals surface area contributed by atoms with Gasteiger partial charge < -0.3 is 24.8 Å². The number of carbonyl (C=O) groups is 4. The number of rotatable bonds is 15. The minimum atomic E-state index is -0.769. The Bertz CT molecular complexity index is 1370. The number of hydrogen-bond donors (Lipinski definition) is 3. The first-order valence-corrected chi connectivity index (χ1v) is 21.9. The number of aliphatic hydroxyl groups excluding tert-OH is 1. The van der Waals surface area contributed by atoms with E-state index in [0.29, 0.717) is 43.6 Å². The highest BCUT2D eigenvalue weighted by atomic mass is 16.7. The van der Waals surface area contributed by atoms with E-state index in [4.69, 9.17) is 14.3 Å². The topological polar surface area (TPSA) is 147 Å². The van der Waals surface area contributed by atoms with Crippen LogP contribution in [0.2, 0.25) is 0 Å². The molecule has 0 aromatic carbocycles. The molecule has 5 aliphatic carbocycles. The van der Waals surface area contributed by atoms with Crippen LogP contribution in [0.15, 0.2) is 0 Å². The van der Waals surface area contributed by atoms with E-state index in [-0.39, 0.29) is 95.8 Å². The molecule has 6 fully saturated rings. The Morgan fingerprint density at radius 2 is 1.64 bits per heavy atom. The summed E-state index contributed by atoms with van der Waals surface area (Å²) < 4.78 is 12.4. The van der Waals surface area contributed by atoms with Crippen LogP contribution in [0, 0.1) is 64.6 Å². The van der Waals surface area contributed by atoms with Gasteiger partial charge in [-0.1, -0.05) is 54.9 Å². The molecular formula is C44H76N4O8. The Hall–Kier alpha value is -2.12.